The summed E-state index contributed by atoms with van der Waals surface area (Å²) in [5, 5.41) is 1.38. The van der Waals surface area contributed by atoms with Gasteiger partial charge < -0.3 is 4.42 Å². The summed E-state index contributed by atoms with van der Waals surface area (Å²) < 4.78 is 5.62. The van der Waals surface area contributed by atoms with Crippen molar-refractivity contribution in [2.24, 2.45) is 0 Å². The fraction of sp³-hybridized carbons (Fsp3) is 0.118. The van der Waals surface area contributed by atoms with E-state index >= 15 is 0 Å². The van der Waals surface area contributed by atoms with Gasteiger partial charge in [0.1, 0.15) is 5.58 Å². The second kappa shape index (κ2) is 4.80. The van der Waals surface area contributed by atoms with Gasteiger partial charge in [-0.25, -0.2) is 0 Å². The third kappa shape index (κ3) is 2.23. The molecule has 0 fully saturated rings. The van der Waals surface area contributed by atoms with Crippen LogP contribution in [0.1, 0.15) is 27.2 Å². The van der Waals surface area contributed by atoms with Crippen LogP contribution in [-0.4, -0.2) is 5.78 Å². The Balaban J connectivity index is 2.08. The summed E-state index contributed by atoms with van der Waals surface area (Å²) in [4.78, 5) is 12.5. The fourth-order valence-corrected chi connectivity index (χ4v) is 2.53. The van der Waals surface area contributed by atoms with Gasteiger partial charge in [-0.3, -0.25) is 4.79 Å². The quantitative estimate of drug-likeness (QED) is 0.624. The highest BCUT2D eigenvalue weighted by molar-refractivity contribution is 6.35. The van der Waals surface area contributed by atoms with Gasteiger partial charge in [-0.2, -0.15) is 0 Å². The average Bonchev–Trinajstić information content (AvgIpc) is 2.81. The molecule has 0 spiro atoms. The van der Waals surface area contributed by atoms with Crippen molar-refractivity contribution in [2.75, 3.05) is 0 Å². The van der Waals surface area contributed by atoms with Crippen LogP contribution in [0.25, 0.3) is 11.0 Å². The van der Waals surface area contributed by atoms with Crippen molar-refractivity contribution in [3.8, 4) is 0 Å². The molecule has 0 amide bonds. The van der Waals surface area contributed by atoms with Crippen LogP contribution in [0.15, 0.2) is 46.9 Å². The molecule has 1 heterocycles. The molecule has 2 nitrogen and oxygen atoms in total. The number of carbonyl (C=O) groups excluding carboxylic acids is 1. The molecule has 3 rings (SSSR count). The lowest BCUT2D eigenvalue weighted by Gasteiger charge is -2.02. The SMILES string of the molecule is Cc1ccc(C(=O)c2cc3cc(C)ccc3o2)c(Cl)c1. The second-order valence-electron chi connectivity index (χ2n) is 4.96. The molecule has 0 radical (unpaired) electrons. The normalized spacial score (nSPS) is 10.9. The zero-order chi connectivity index (χ0) is 14.3. The molecular formula is C17H13ClO2. The molecule has 3 aromatic rings. The van der Waals surface area contributed by atoms with Gasteiger partial charge >= 0.3 is 0 Å². The minimum absolute atomic E-state index is 0.191. The summed E-state index contributed by atoms with van der Waals surface area (Å²) in [5.74, 6) is 0.125. The van der Waals surface area contributed by atoms with Crippen molar-refractivity contribution in [3.63, 3.8) is 0 Å². The van der Waals surface area contributed by atoms with E-state index in [0.29, 0.717) is 21.9 Å². The highest BCUT2D eigenvalue weighted by atomic mass is 35.5. The van der Waals surface area contributed by atoms with Gasteiger partial charge in [0.25, 0.3) is 0 Å². The van der Waals surface area contributed by atoms with E-state index in [1.807, 2.05) is 38.1 Å². The summed E-state index contributed by atoms with van der Waals surface area (Å²) in [7, 11) is 0. The second-order valence-corrected chi connectivity index (χ2v) is 5.37. The maximum atomic E-state index is 12.5. The Morgan fingerprint density at radius 3 is 2.45 bits per heavy atom. The number of hydrogen-bond acceptors (Lipinski definition) is 2. The molecule has 0 atom stereocenters. The first-order valence-electron chi connectivity index (χ1n) is 6.35. The van der Waals surface area contributed by atoms with Gasteiger partial charge in [0.15, 0.2) is 5.76 Å². The van der Waals surface area contributed by atoms with E-state index in [0.717, 1.165) is 16.5 Å². The molecule has 20 heavy (non-hydrogen) atoms. The van der Waals surface area contributed by atoms with Gasteiger partial charge in [0, 0.05) is 10.9 Å². The number of ketones is 1. The molecule has 0 saturated heterocycles. The van der Waals surface area contributed by atoms with Crippen LogP contribution >= 0.6 is 11.6 Å². The minimum Gasteiger partial charge on any atom is -0.453 e. The maximum absolute atomic E-state index is 12.5. The Morgan fingerprint density at radius 2 is 1.70 bits per heavy atom. The average molecular weight is 285 g/mol. The Kier molecular flexibility index (Phi) is 3.11. The molecule has 1 aromatic heterocycles. The van der Waals surface area contributed by atoms with E-state index in [4.69, 9.17) is 16.0 Å². The number of rotatable bonds is 2. The number of fused-ring (bicyclic) bond motifs is 1. The summed E-state index contributed by atoms with van der Waals surface area (Å²) in [6, 6.07) is 13.0. The summed E-state index contributed by atoms with van der Waals surface area (Å²) >= 11 is 6.14. The Labute approximate surface area is 122 Å². The molecular weight excluding hydrogens is 272 g/mol. The number of benzene rings is 2. The van der Waals surface area contributed by atoms with Crippen LogP contribution in [0.3, 0.4) is 0 Å². The summed E-state index contributed by atoms with van der Waals surface area (Å²) in [6.07, 6.45) is 0. The first-order valence-corrected chi connectivity index (χ1v) is 6.73. The number of halogens is 1. The van der Waals surface area contributed by atoms with E-state index < -0.39 is 0 Å². The van der Waals surface area contributed by atoms with Gasteiger partial charge in [-0.05, 0) is 49.7 Å². The van der Waals surface area contributed by atoms with Crippen LogP contribution < -0.4 is 0 Å². The number of aryl methyl sites for hydroxylation is 2. The van der Waals surface area contributed by atoms with Crippen LogP contribution in [-0.2, 0) is 0 Å². The molecule has 0 saturated carbocycles. The summed E-state index contributed by atoms with van der Waals surface area (Å²) in [5.41, 5.74) is 3.33. The van der Waals surface area contributed by atoms with E-state index in [2.05, 4.69) is 0 Å². The topological polar surface area (TPSA) is 30.2 Å². The van der Waals surface area contributed by atoms with Crippen molar-refractivity contribution in [1.29, 1.82) is 0 Å². The third-order valence-corrected chi connectivity index (χ3v) is 3.58. The molecule has 0 N–H and O–H groups in total. The Hall–Kier alpha value is -2.06. The molecule has 0 unspecified atom stereocenters. The van der Waals surface area contributed by atoms with E-state index in [-0.39, 0.29) is 5.78 Å². The highest BCUT2D eigenvalue weighted by Gasteiger charge is 2.17. The lowest BCUT2D eigenvalue weighted by molar-refractivity contribution is 0.101. The van der Waals surface area contributed by atoms with Gasteiger partial charge in [-0.1, -0.05) is 29.3 Å². The van der Waals surface area contributed by atoms with Crippen molar-refractivity contribution < 1.29 is 9.21 Å². The van der Waals surface area contributed by atoms with Gasteiger partial charge in [0.2, 0.25) is 5.78 Å². The Morgan fingerprint density at radius 1 is 1.00 bits per heavy atom. The van der Waals surface area contributed by atoms with Crippen molar-refractivity contribution in [3.05, 3.63) is 69.9 Å². The molecule has 0 aliphatic heterocycles. The third-order valence-electron chi connectivity index (χ3n) is 3.26. The number of hydrogen-bond donors (Lipinski definition) is 0. The zero-order valence-electron chi connectivity index (χ0n) is 11.2. The van der Waals surface area contributed by atoms with E-state index in [1.54, 1.807) is 18.2 Å². The highest BCUT2D eigenvalue weighted by Crippen LogP contribution is 2.25. The smallest absolute Gasteiger partial charge is 0.229 e. The molecule has 0 aliphatic carbocycles. The lowest BCUT2D eigenvalue weighted by atomic mass is 10.1. The maximum Gasteiger partial charge on any atom is 0.229 e. The largest absolute Gasteiger partial charge is 0.453 e. The standard InChI is InChI=1S/C17H13ClO2/c1-10-4-6-15-12(7-10)9-16(20-15)17(19)13-5-3-11(2)8-14(13)18/h3-9H,1-2H3. The van der Waals surface area contributed by atoms with Crippen LogP contribution in [0.2, 0.25) is 5.02 Å². The molecule has 100 valence electrons. The zero-order valence-corrected chi connectivity index (χ0v) is 12.0. The predicted octanol–water partition coefficient (Wildman–Crippen LogP) is 4.93. The van der Waals surface area contributed by atoms with Gasteiger partial charge in [-0.15, -0.1) is 0 Å². The predicted molar refractivity (Wildman–Crippen MR) is 80.6 cm³/mol. The van der Waals surface area contributed by atoms with Crippen LogP contribution in [0.4, 0.5) is 0 Å². The van der Waals surface area contributed by atoms with E-state index in [9.17, 15) is 4.79 Å². The van der Waals surface area contributed by atoms with Gasteiger partial charge in [0.05, 0.1) is 5.02 Å². The number of furan rings is 1. The summed E-state index contributed by atoms with van der Waals surface area (Å²) in [6.45, 7) is 3.94. The Bertz CT molecular complexity index is 815. The molecule has 3 heteroatoms. The molecule has 0 bridgehead atoms. The van der Waals surface area contributed by atoms with Crippen molar-refractivity contribution in [1.82, 2.24) is 0 Å². The lowest BCUT2D eigenvalue weighted by Crippen LogP contribution is -2.00. The van der Waals surface area contributed by atoms with Crippen molar-refractivity contribution >= 4 is 28.4 Å². The van der Waals surface area contributed by atoms with E-state index in [1.165, 1.54) is 0 Å². The van der Waals surface area contributed by atoms with Crippen molar-refractivity contribution in [2.45, 2.75) is 13.8 Å². The van der Waals surface area contributed by atoms with Crippen LogP contribution in [0, 0.1) is 13.8 Å². The first kappa shape index (κ1) is 12.9. The first-order chi connectivity index (χ1) is 9.54. The number of carbonyl (C=O) groups is 1. The van der Waals surface area contributed by atoms with Crippen LogP contribution in [0.5, 0.6) is 0 Å². The fourth-order valence-electron chi connectivity index (χ4n) is 2.21. The minimum atomic E-state index is -0.191. The monoisotopic (exact) mass is 284 g/mol. The molecule has 0 aliphatic rings. The molecule has 2 aromatic carbocycles.